The highest BCUT2D eigenvalue weighted by atomic mass is 16.5. The molecule has 0 aromatic carbocycles. The predicted octanol–water partition coefficient (Wildman–Crippen LogP) is 0.877. The van der Waals surface area contributed by atoms with E-state index in [9.17, 15) is 9.59 Å². The third-order valence-electron chi connectivity index (χ3n) is 2.84. The van der Waals surface area contributed by atoms with E-state index in [4.69, 9.17) is 9.84 Å². The summed E-state index contributed by atoms with van der Waals surface area (Å²) in [4.78, 5) is 24.4. The summed E-state index contributed by atoms with van der Waals surface area (Å²) in [5.41, 5.74) is 0. The molecule has 92 valence electrons. The van der Waals surface area contributed by atoms with Crippen LogP contribution in [0.4, 0.5) is 0 Å². The van der Waals surface area contributed by atoms with Gasteiger partial charge in [0.15, 0.2) is 0 Å². The van der Waals surface area contributed by atoms with Gasteiger partial charge in [0.05, 0.1) is 0 Å². The summed E-state index contributed by atoms with van der Waals surface area (Å²) in [5.74, 6) is -1.13. The van der Waals surface area contributed by atoms with Crippen molar-refractivity contribution in [2.45, 2.75) is 45.3 Å². The fourth-order valence-electron chi connectivity index (χ4n) is 2.01. The molecule has 1 fully saturated rings. The van der Waals surface area contributed by atoms with E-state index in [1.165, 1.54) is 4.90 Å². The monoisotopic (exact) mass is 229 g/mol. The van der Waals surface area contributed by atoms with Gasteiger partial charge in [0.25, 0.3) is 5.91 Å². The van der Waals surface area contributed by atoms with Gasteiger partial charge in [-0.15, -0.1) is 0 Å². The number of aliphatic carboxylic acids is 1. The van der Waals surface area contributed by atoms with Crippen molar-refractivity contribution in [3.63, 3.8) is 0 Å². The van der Waals surface area contributed by atoms with Crippen LogP contribution in [0.5, 0.6) is 0 Å². The highest BCUT2D eigenvalue weighted by molar-refractivity contribution is 5.86. The smallest absolute Gasteiger partial charge is 0.326 e. The summed E-state index contributed by atoms with van der Waals surface area (Å²) in [7, 11) is 0. The van der Waals surface area contributed by atoms with Crippen molar-refractivity contribution in [1.82, 2.24) is 4.90 Å². The summed E-state index contributed by atoms with van der Waals surface area (Å²) in [6.07, 6.45) is 1.72. The van der Waals surface area contributed by atoms with Gasteiger partial charge < -0.3 is 14.7 Å². The van der Waals surface area contributed by atoms with Gasteiger partial charge in [-0.3, -0.25) is 4.79 Å². The molecule has 0 aromatic heterocycles. The molecule has 0 saturated carbocycles. The molecule has 0 spiro atoms. The Morgan fingerprint density at radius 1 is 1.50 bits per heavy atom. The fourth-order valence-corrected chi connectivity index (χ4v) is 2.01. The normalized spacial score (nSPS) is 22.9. The number of likely N-dealkylation sites (tertiary alicyclic amines) is 1. The third kappa shape index (κ3) is 2.95. The van der Waals surface area contributed by atoms with Gasteiger partial charge in [0.2, 0.25) is 0 Å². The molecule has 1 saturated heterocycles. The van der Waals surface area contributed by atoms with Crippen LogP contribution in [-0.2, 0) is 14.3 Å². The van der Waals surface area contributed by atoms with Gasteiger partial charge in [0.1, 0.15) is 12.1 Å². The van der Waals surface area contributed by atoms with Gasteiger partial charge in [-0.1, -0.05) is 0 Å². The van der Waals surface area contributed by atoms with Crippen molar-refractivity contribution >= 4 is 11.9 Å². The number of rotatable bonds is 4. The Morgan fingerprint density at radius 2 is 2.19 bits per heavy atom. The Labute approximate surface area is 95.4 Å². The maximum Gasteiger partial charge on any atom is 0.326 e. The Bertz CT molecular complexity index is 267. The first kappa shape index (κ1) is 13.0. The van der Waals surface area contributed by atoms with E-state index >= 15 is 0 Å². The predicted molar refractivity (Wildman–Crippen MR) is 58.1 cm³/mol. The Hall–Kier alpha value is -1.10. The number of ether oxygens (including phenoxy) is 1. The standard InChI is InChI=1S/C11H19NO4/c1-3-16-8(2)10(13)12-7-5-4-6-9(12)11(14)15/h8-9H,3-7H2,1-2H3,(H,14,15)/t8?,9-/m1/s1. The second-order valence-electron chi connectivity index (χ2n) is 3.98. The molecule has 1 aliphatic rings. The molecule has 1 aliphatic heterocycles. The van der Waals surface area contributed by atoms with Crippen LogP contribution in [0.3, 0.4) is 0 Å². The van der Waals surface area contributed by atoms with Crippen LogP contribution in [0.25, 0.3) is 0 Å². The zero-order valence-corrected chi connectivity index (χ0v) is 9.81. The van der Waals surface area contributed by atoms with E-state index in [0.29, 0.717) is 19.6 Å². The molecule has 1 heterocycles. The molecule has 2 atom stereocenters. The van der Waals surface area contributed by atoms with Gasteiger partial charge in [-0.25, -0.2) is 4.79 Å². The lowest BCUT2D eigenvalue weighted by Gasteiger charge is -2.34. The first-order valence-corrected chi connectivity index (χ1v) is 5.72. The van der Waals surface area contributed by atoms with E-state index in [2.05, 4.69) is 0 Å². The SMILES string of the molecule is CCOC(C)C(=O)N1CCCC[C@@H]1C(=O)O. The van der Waals surface area contributed by atoms with Crippen molar-refractivity contribution < 1.29 is 19.4 Å². The molecule has 0 aromatic rings. The average Bonchev–Trinajstić information content (AvgIpc) is 2.28. The number of carbonyl (C=O) groups excluding carboxylic acids is 1. The van der Waals surface area contributed by atoms with Crippen molar-refractivity contribution in [1.29, 1.82) is 0 Å². The number of carbonyl (C=O) groups is 2. The Balaban J connectivity index is 2.67. The summed E-state index contributed by atoms with van der Waals surface area (Å²) >= 11 is 0. The van der Waals surface area contributed by atoms with Gasteiger partial charge in [-0.2, -0.15) is 0 Å². The molecule has 1 unspecified atom stereocenters. The summed E-state index contributed by atoms with van der Waals surface area (Å²) < 4.78 is 5.20. The van der Waals surface area contributed by atoms with E-state index in [1.807, 2.05) is 6.92 Å². The summed E-state index contributed by atoms with van der Waals surface area (Å²) in [5, 5.41) is 9.03. The van der Waals surface area contributed by atoms with Gasteiger partial charge >= 0.3 is 5.97 Å². The topological polar surface area (TPSA) is 66.8 Å². The number of piperidine rings is 1. The molecular formula is C11H19NO4. The van der Waals surface area contributed by atoms with Crippen LogP contribution >= 0.6 is 0 Å². The van der Waals surface area contributed by atoms with Gasteiger partial charge in [-0.05, 0) is 33.1 Å². The molecule has 1 rings (SSSR count). The van der Waals surface area contributed by atoms with E-state index in [1.54, 1.807) is 6.92 Å². The fraction of sp³-hybridized carbons (Fsp3) is 0.818. The van der Waals surface area contributed by atoms with Crippen LogP contribution in [0.2, 0.25) is 0 Å². The summed E-state index contributed by atoms with van der Waals surface area (Å²) in [6.45, 7) is 4.46. The molecule has 5 heteroatoms. The molecule has 0 bridgehead atoms. The number of carboxylic acid groups (broad SMARTS) is 1. The number of carboxylic acids is 1. The first-order chi connectivity index (χ1) is 7.57. The van der Waals surface area contributed by atoms with Crippen molar-refractivity contribution in [3.05, 3.63) is 0 Å². The largest absolute Gasteiger partial charge is 0.480 e. The minimum atomic E-state index is -0.920. The Morgan fingerprint density at radius 3 is 2.75 bits per heavy atom. The molecular weight excluding hydrogens is 210 g/mol. The molecule has 1 amide bonds. The van der Waals surface area contributed by atoms with Crippen LogP contribution in [0.15, 0.2) is 0 Å². The van der Waals surface area contributed by atoms with Crippen LogP contribution in [0.1, 0.15) is 33.1 Å². The molecule has 0 aliphatic carbocycles. The highest BCUT2D eigenvalue weighted by Crippen LogP contribution is 2.18. The minimum absolute atomic E-state index is 0.214. The third-order valence-corrected chi connectivity index (χ3v) is 2.84. The second-order valence-corrected chi connectivity index (χ2v) is 3.98. The maximum atomic E-state index is 11.9. The van der Waals surface area contributed by atoms with Crippen molar-refractivity contribution in [2.75, 3.05) is 13.2 Å². The lowest BCUT2D eigenvalue weighted by molar-refractivity contribution is -0.157. The zero-order chi connectivity index (χ0) is 12.1. The van der Waals surface area contributed by atoms with Crippen LogP contribution in [-0.4, -0.2) is 47.2 Å². The number of nitrogens with zero attached hydrogens (tertiary/aromatic N) is 1. The maximum absolute atomic E-state index is 11.9. The highest BCUT2D eigenvalue weighted by Gasteiger charge is 2.34. The summed E-state index contributed by atoms with van der Waals surface area (Å²) in [6, 6.07) is -0.677. The van der Waals surface area contributed by atoms with Crippen molar-refractivity contribution in [3.8, 4) is 0 Å². The van der Waals surface area contributed by atoms with Crippen LogP contribution in [0, 0.1) is 0 Å². The lowest BCUT2D eigenvalue weighted by Crippen LogP contribution is -2.51. The average molecular weight is 229 g/mol. The zero-order valence-electron chi connectivity index (χ0n) is 9.81. The molecule has 16 heavy (non-hydrogen) atoms. The number of amides is 1. The van der Waals surface area contributed by atoms with Crippen molar-refractivity contribution in [2.24, 2.45) is 0 Å². The molecule has 5 nitrogen and oxygen atoms in total. The van der Waals surface area contributed by atoms with Gasteiger partial charge in [0, 0.05) is 13.2 Å². The van der Waals surface area contributed by atoms with E-state index < -0.39 is 18.1 Å². The molecule has 0 radical (unpaired) electrons. The number of hydrogen-bond acceptors (Lipinski definition) is 3. The quantitative estimate of drug-likeness (QED) is 0.777. The molecule has 1 N–H and O–H groups in total. The van der Waals surface area contributed by atoms with E-state index in [-0.39, 0.29) is 5.91 Å². The Kier molecular flexibility index (Phi) is 4.73. The lowest BCUT2D eigenvalue weighted by atomic mass is 10.0. The second kappa shape index (κ2) is 5.84. The first-order valence-electron chi connectivity index (χ1n) is 5.72. The minimum Gasteiger partial charge on any atom is -0.480 e. The van der Waals surface area contributed by atoms with Crippen LogP contribution < -0.4 is 0 Å². The van der Waals surface area contributed by atoms with E-state index in [0.717, 1.165) is 12.8 Å². The number of hydrogen-bond donors (Lipinski definition) is 1.